The van der Waals surface area contributed by atoms with Crippen molar-refractivity contribution in [2.75, 3.05) is 0 Å². The Kier molecular flexibility index (Phi) is 2.71. The van der Waals surface area contributed by atoms with Gasteiger partial charge in [-0.15, -0.1) is 0 Å². The van der Waals surface area contributed by atoms with Gasteiger partial charge >= 0.3 is 5.97 Å². The summed E-state index contributed by atoms with van der Waals surface area (Å²) in [6.45, 7) is 4.88. The van der Waals surface area contributed by atoms with Crippen molar-refractivity contribution in [2.24, 2.45) is 0 Å². The Bertz CT molecular complexity index is 381. The van der Waals surface area contributed by atoms with Gasteiger partial charge in [0, 0.05) is 0 Å². The molecule has 76 valence electrons. The molecule has 2 N–H and O–H groups in total. The van der Waals surface area contributed by atoms with Crippen LogP contribution in [0.25, 0.3) is 0 Å². The van der Waals surface area contributed by atoms with E-state index in [-0.39, 0.29) is 16.3 Å². The molecule has 0 saturated carbocycles. The second kappa shape index (κ2) is 3.50. The molecule has 0 atom stereocenters. The third kappa shape index (κ3) is 1.44. The lowest BCUT2D eigenvalue weighted by atomic mass is 9.97. The monoisotopic (exact) mass is 214 g/mol. The minimum Gasteiger partial charge on any atom is -0.506 e. The van der Waals surface area contributed by atoms with Gasteiger partial charge < -0.3 is 10.2 Å². The van der Waals surface area contributed by atoms with E-state index < -0.39 is 5.97 Å². The van der Waals surface area contributed by atoms with Gasteiger partial charge in [-0.05, 0) is 37.5 Å². The van der Waals surface area contributed by atoms with Gasteiger partial charge in [0.25, 0.3) is 0 Å². The molecule has 0 fully saturated rings. The van der Waals surface area contributed by atoms with E-state index in [4.69, 9.17) is 16.7 Å². The number of benzene rings is 1. The number of carbonyl (C=O) groups is 1. The van der Waals surface area contributed by atoms with Crippen molar-refractivity contribution in [3.63, 3.8) is 0 Å². The van der Waals surface area contributed by atoms with Crippen LogP contribution in [-0.2, 0) is 0 Å². The zero-order chi connectivity index (χ0) is 11.0. The summed E-state index contributed by atoms with van der Waals surface area (Å²) in [5.41, 5.74) is 1.64. The molecule has 3 nitrogen and oxygen atoms in total. The van der Waals surface area contributed by atoms with Gasteiger partial charge in [-0.25, -0.2) is 4.79 Å². The molecule has 0 unspecified atom stereocenters. The van der Waals surface area contributed by atoms with E-state index in [1.54, 1.807) is 20.8 Å². The van der Waals surface area contributed by atoms with Crippen LogP contribution in [0.4, 0.5) is 0 Å². The fourth-order valence-electron chi connectivity index (χ4n) is 1.42. The summed E-state index contributed by atoms with van der Waals surface area (Å²) in [5, 5.41) is 18.6. The van der Waals surface area contributed by atoms with Gasteiger partial charge in [-0.3, -0.25) is 0 Å². The zero-order valence-corrected chi connectivity index (χ0v) is 8.94. The highest BCUT2D eigenvalue weighted by atomic mass is 35.5. The Morgan fingerprint density at radius 2 is 1.64 bits per heavy atom. The Morgan fingerprint density at radius 1 is 1.14 bits per heavy atom. The summed E-state index contributed by atoms with van der Waals surface area (Å²) in [5.74, 6) is -1.06. The SMILES string of the molecule is Cc1c(C)c(C(=O)O)c(C)c(Cl)c1O. The van der Waals surface area contributed by atoms with Crippen LogP contribution in [0.5, 0.6) is 5.75 Å². The van der Waals surface area contributed by atoms with E-state index in [1.165, 1.54) is 0 Å². The highest BCUT2D eigenvalue weighted by Crippen LogP contribution is 2.35. The lowest BCUT2D eigenvalue weighted by molar-refractivity contribution is 0.0695. The minimum absolute atomic E-state index is 0.0355. The fourth-order valence-corrected chi connectivity index (χ4v) is 1.66. The average molecular weight is 215 g/mol. The van der Waals surface area contributed by atoms with Crippen molar-refractivity contribution in [1.29, 1.82) is 0 Å². The molecule has 1 aromatic carbocycles. The smallest absolute Gasteiger partial charge is 0.336 e. The maximum Gasteiger partial charge on any atom is 0.336 e. The van der Waals surface area contributed by atoms with Crippen molar-refractivity contribution in [1.82, 2.24) is 0 Å². The summed E-state index contributed by atoms with van der Waals surface area (Å²) in [6.07, 6.45) is 0. The van der Waals surface area contributed by atoms with Crippen LogP contribution in [0.15, 0.2) is 0 Å². The van der Waals surface area contributed by atoms with E-state index in [0.29, 0.717) is 16.7 Å². The molecular weight excluding hydrogens is 204 g/mol. The number of aromatic hydroxyl groups is 1. The van der Waals surface area contributed by atoms with Crippen LogP contribution in [0, 0.1) is 20.8 Å². The Balaban J connectivity index is 3.68. The molecule has 0 aliphatic carbocycles. The molecule has 0 aliphatic rings. The summed E-state index contributed by atoms with van der Waals surface area (Å²) < 4.78 is 0. The third-order valence-corrected chi connectivity index (χ3v) is 2.88. The van der Waals surface area contributed by atoms with Crippen molar-refractivity contribution < 1.29 is 15.0 Å². The summed E-state index contributed by atoms with van der Waals surface area (Å²) in [4.78, 5) is 10.9. The molecule has 1 aromatic rings. The summed E-state index contributed by atoms with van der Waals surface area (Å²) >= 11 is 5.79. The van der Waals surface area contributed by atoms with Crippen molar-refractivity contribution in [3.8, 4) is 5.75 Å². The molecule has 0 heterocycles. The van der Waals surface area contributed by atoms with E-state index in [1.807, 2.05) is 0 Å². The van der Waals surface area contributed by atoms with Gasteiger partial charge in [-0.2, -0.15) is 0 Å². The standard InChI is InChI=1S/C10H11ClO3/c1-4-5(2)9(12)8(11)6(3)7(4)10(13)14/h12H,1-3H3,(H,13,14). The largest absolute Gasteiger partial charge is 0.506 e. The highest BCUT2D eigenvalue weighted by Gasteiger charge is 2.19. The number of hydrogen-bond acceptors (Lipinski definition) is 2. The van der Waals surface area contributed by atoms with Crippen LogP contribution >= 0.6 is 11.6 Å². The van der Waals surface area contributed by atoms with Gasteiger partial charge in [0.15, 0.2) is 0 Å². The maximum absolute atomic E-state index is 10.9. The molecule has 4 heteroatoms. The molecule has 14 heavy (non-hydrogen) atoms. The first-order chi connectivity index (χ1) is 6.37. The number of phenolic OH excluding ortho intramolecular Hbond substituents is 1. The molecule has 0 bridgehead atoms. The van der Waals surface area contributed by atoms with Crippen LogP contribution in [-0.4, -0.2) is 16.2 Å². The van der Waals surface area contributed by atoms with E-state index in [2.05, 4.69) is 0 Å². The molecule has 0 spiro atoms. The van der Waals surface area contributed by atoms with Gasteiger partial charge in [-0.1, -0.05) is 11.6 Å². The normalized spacial score (nSPS) is 10.3. The minimum atomic E-state index is -1.02. The molecule has 0 radical (unpaired) electrons. The van der Waals surface area contributed by atoms with Crippen LogP contribution in [0.1, 0.15) is 27.0 Å². The first-order valence-electron chi connectivity index (χ1n) is 4.09. The quantitative estimate of drug-likeness (QED) is 0.756. The van der Waals surface area contributed by atoms with Gasteiger partial charge in [0.1, 0.15) is 5.75 Å². The molecule has 0 aliphatic heterocycles. The van der Waals surface area contributed by atoms with Crippen LogP contribution in [0.3, 0.4) is 0 Å². The molecule has 0 aromatic heterocycles. The predicted octanol–water partition coefficient (Wildman–Crippen LogP) is 2.67. The van der Waals surface area contributed by atoms with Gasteiger partial charge in [0.05, 0.1) is 10.6 Å². The van der Waals surface area contributed by atoms with E-state index >= 15 is 0 Å². The summed E-state index contributed by atoms with van der Waals surface area (Å²) in [7, 11) is 0. The van der Waals surface area contributed by atoms with Crippen LogP contribution in [0.2, 0.25) is 5.02 Å². The summed E-state index contributed by atoms with van der Waals surface area (Å²) in [6, 6.07) is 0. The van der Waals surface area contributed by atoms with E-state index in [0.717, 1.165) is 0 Å². The number of carboxylic acids is 1. The number of phenols is 1. The van der Waals surface area contributed by atoms with Gasteiger partial charge in [0.2, 0.25) is 0 Å². The lowest BCUT2D eigenvalue weighted by Gasteiger charge is -2.12. The number of rotatable bonds is 1. The number of hydrogen-bond donors (Lipinski definition) is 2. The highest BCUT2D eigenvalue weighted by molar-refractivity contribution is 6.33. The average Bonchev–Trinajstić information content (AvgIpc) is 2.11. The zero-order valence-electron chi connectivity index (χ0n) is 8.18. The first-order valence-corrected chi connectivity index (χ1v) is 4.47. The van der Waals surface area contributed by atoms with E-state index in [9.17, 15) is 9.90 Å². The molecular formula is C10H11ClO3. The topological polar surface area (TPSA) is 57.5 Å². The first kappa shape index (κ1) is 10.9. The predicted molar refractivity (Wildman–Crippen MR) is 54.3 cm³/mol. The Morgan fingerprint density at radius 3 is 2.07 bits per heavy atom. The maximum atomic E-state index is 10.9. The Hall–Kier alpha value is -1.22. The second-order valence-corrected chi connectivity index (χ2v) is 3.60. The molecule has 0 saturated heterocycles. The lowest BCUT2D eigenvalue weighted by Crippen LogP contribution is -2.05. The van der Waals surface area contributed by atoms with Crippen molar-refractivity contribution in [3.05, 3.63) is 27.3 Å². The van der Waals surface area contributed by atoms with Crippen LogP contribution < -0.4 is 0 Å². The third-order valence-electron chi connectivity index (χ3n) is 2.42. The van der Waals surface area contributed by atoms with Crippen molar-refractivity contribution in [2.45, 2.75) is 20.8 Å². The number of carboxylic acid groups (broad SMARTS) is 1. The molecule has 1 rings (SSSR count). The number of aromatic carboxylic acids is 1. The molecule has 0 amide bonds. The fraction of sp³-hybridized carbons (Fsp3) is 0.300. The van der Waals surface area contributed by atoms with Crippen molar-refractivity contribution >= 4 is 17.6 Å². The number of halogens is 1. The Labute approximate surface area is 86.9 Å². The second-order valence-electron chi connectivity index (χ2n) is 3.22.